The zero-order valence-corrected chi connectivity index (χ0v) is 21.5. The third-order valence-corrected chi connectivity index (χ3v) is 6.73. The summed E-state index contributed by atoms with van der Waals surface area (Å²) in [5, 5.41) is 8.49. The van der Waals surface area contributed by atoms with Gasteiger partial charge in [0, 0.05) is 50.0 Å². The highest BCUT2D eigenvalue weighted by Gasteiger charge is 2.31. The predicted molar refractivity (Wildman–Crippen MR) is 140 cm³/mol. The number of nitrogens with zero attached hydrogens (tertiary/aromatic N) is 7. The van der Waals surface area contributed by atoms with Crippen LogP contribution in [0, 0.1) is 0 Å². The molecule has 0 bridgehead atoms. The summed E-state index contributed by atoms with van der Waals surface area (Å²) in [4.78, 5) is 18.3. The van der Waals surface area contributed by atoms with Crippen LogP contribution < -0.4 is 9.64 Å². The summed E-state index contributed by atoms with van der Waals surface area (Å²) in [6.07, 6.45) is -2.90. The van der Waals surface area contributed by atoms with E-state index in [1.54, 1.807) is 17.1 Å². The first kappa shape index (κ1) is 26.6. The van der Waals surface area contributed by atoms with Gasteiger partial charge in [-0.2, -0.15) is 5.10 Å². The molecule has 196 valence electrons. The largest absolute Gasteiger partial charge is 0.573 e. The molecule has 0 atom stereocenters. The van der Waals surface area contributed by atoms with E-state index in [0.717, 1.165) is 42.6 Å². The van der Waals surface area contributed by atoms with E-state index in [0.29, 0.717) is 30.2 Å². The molecule has 0 saturated carbocycles. The monoisotopic (exact) mass is 531 g/mol. The van der Waals surface area contributed by atoms with Crippen molar-refractivity contribution < 1.29 is 17.9 Å². The smallest absolute Gasteiger partial charge is 0.406 e. The summed E-state index contributed by atoms with van der Waals surface area (Å²) >= 11 is 1.43. The van der Waals surface area contributed by atoms with E-state index in [1.807, 2.05) is 24.6 Å². The summed E-state index contributed by atoms with van der Waals surface area (Å²) in [5.74, 6) is 1.38. The molecule has 0 N–H and O–H groups in total. The first-order valence-corrected chi connectivity index (χ1v) is 12.5. The molecular formula is C25H28F3N7OS. The van der Waals surface area contributed by atoms with Gasteiger partial charge in [0.2, 0.25) is 0 Å². The van der Waals surface area contributed by atoms with Crippen LogP contribution in [0.25, 0.3) is 11.3 Å². The van der Waals surface area contributed by atoms with Crippen LogP contribution in [0.3, 0.4) is 0 Å². The molecule has 0 spiro atoms. The van der Waals surface area contributed by atoms with E-state index in [1.165, 1.54) is 23.5 Å². The van der Waals surface area contributed by atoms with Gasteiger partial charge in [0.05, 0.1) is 18.8 Å². The average Bonchev–Trinajstić information content (AvgIpc) is 3.35. The molecule has 37 heavy (non-hydrogen) atoms. The summed E-state index contributed by atoms with van der Waals surface area (Å²) in [7, 11) is 2.12. The summed E-state index contributed by atoms with van der Waals surface area (Å²) in [5.41, 5.74) is 2.42. The molecule has 1 aliphatic rings. The van der Waals surface area contributed by atoms with Crippen LogP contribution >= 0.6 is 11.3 Å². The molecular weight excluding hydrogens is 503 g/mol. The maximum absolute atomic E-state index is 12.4. The maximum Gasteiger partial charge on any atom is 0.573 e. The summed E-state index contributed by atoms with van der Waals surface area (Å²) < 4.78 is 41.0. The third-order valence-electron chi connectivity index (χ3n) is 5.89. The fourth-order valence-corrected chi connectivity index (χ4v) is 4.54. The summed E-state index contributed by atoms with van der Waals surface area (Å²) in [6.45, 7) is 10.3. The van der Waals surface area contributed by atoms with Gasteiger partial charge >= 0.3 is 6.36 Å². The normalized spacial score (nSPS) is 15.1. The van der Waals surface area contributed by atoms with Gasteiger partial charge in [-0.1, -0.05) is 0 Å². The molecule has 1 saturated heterocycles. The van der Waals surface area contributed by atoms with Crippen molar-refractivity contribution in [3.63, 3.8) is 0 Å². The molecule has 1 aliphatic heterocycles. The molecule has 0 amide bonds. The number of rotatable bonds is 8. The van der Waals surface area contributed by atoms with E-state index in [4.69, 9.17) is 0 Å². The van der Waals surface area contributed by atoms with Crippen molar-refractivity contribution in [1.82, 2.24) is 19.9 Å². The number of alkyl halides is 3. The van der Waals surface area contributed by atoms with Gasteiger partial charge in [-0.05, 0) is 55.9 Å². The minimum Gasteiger partial charge on any atom is -0.406 e. The lowest BCUT2D eigenvalue weighted by atomic mass is 10.2. The van der Waals surface area contributed by atoms with Crippen LogP contribution in [0.15, 0.2) is 58.1 Å². The number of piperazine rings is 1. The highest BCUT2D eigenvalue weighted by molar-refractivity contribution is 7.09. The van der Waals surface area contributed by atoms with E-state index in [2.05, 4.69) is 54.4 Å². The number of ether oxygens (including phenoxy) is 1. The number of amidine groups is 1. The third kappa shape index (κ3) is 7.49. The Balaban J connectivity index is 1.37. The van der Waals surface area contributed by atoms with Crippen LogP contribution in [-0.4, -0.2) is 72.0 Å². The number of likely N-dealkylation sites (N-methyl/N-ethyl adjacent to an activating group) is 1. The van der Waals surface area contributed by atoms with Gasteiger partial charge in [-0.25, -0.2) is 15.0 Å². The lowest BCUT2D eigenvalue weighted by Gasteiger charge is -2.33. The van der Waals surface area contributed by atoms with E-state index in [-0.39, 0.29) is 5.75 Å². The Morgan fingerprint density at radius 2 is 1.89 bits per heavy atom. The van der Waals surface area contributed by atoms with Crippen molar-refractivity contribution in [2.24, 2.45) is 10.1 Å². The Labute approximate surface area is 217 Å². The van der Waals surface area contributed by atoms with Crippen LogP contribution in [0.4, 0.5) is 19.0 Å². The van der Waals surface area contributed by atoms with Gasteiger partial charge in [0.1, 0.15) is 22.4 Å². The van der Waals surface area contributed by atoms with Crippen LogP contribution in [-0.2, 0) is 13.1 Å². The molecule has 8 nitrogen and oxygen atoms in total. The minimum atomic E-state index is -4.72. The van der Waals surface area contributed by atoms with Gasteiger partial charge in [0.15, 0.2) is 0 Å². The zero-order valence-electron chi connectivity index (χ0n) is 20.6. The number of anilines is 1. The van der Waals surface area contributed by atoms with E-state index in [9.17, 15) is 13.2 Å². The molecule has 3 heterocycles. The molecule has 2 aromatic heterocycles. The second-order valence-electron chi connectivity index (χ2n) is 8.57. The van der Waals surface area contributed by atoms with Crippen LogP contribution in [0.2, 0.25) is 0 Å². The molecule has 12 heteroatoms. The Hall–Kier alpha value is -3.51. The fraction of sp³-hybridized carbons (Fsp3) is 0.360. The molecule has 0 aliphatic carbocycles. The highest BCUT2D eigenvalue weighted by atomic mass is 32.1. The first-order chi connectivity index (χ1) is 17.7. The standard InChI is InChI=1S/C25H28F3N7OS/c1-18(35(29-2)16-19-8-9-30-23(14-19)34-12-10-33(3)11-13-34)31-15-24-32-22(17-37-24)20-4-6-21(7-5-20)36-25(26,27)28/h4-9,14,17H,2,10-13,15-16H2,1,3H3/b31-18-. The predicted octanol–water partition coefficient (Wildman–Crippen LogP) is 4.89. The zero-order chi connectivity index (χ0) is 26.4. The minimum absolute atomic E-state index is 0.270. The number of hydrazone groups is 1. The van der Waals surface area contributed by atoms with Gasteiger partial charge in [0.25, 0.3) is 0 Å². The number of pyridine rings is 1. The van der Waals surface area contributed by atoms with E-state index >= 15 is 0 Å². The number of benzene rings is 1. The molecule has 0 radical (unpaired) electrons. The topological polar surface area (TPSA) is 69.5 Å². The first-order valence-electron chi connectivity index (χ1n) is 11.6. The molecule has 3 aromatic rings. The number of hydrogen-bond donors (Lipinski definition) is 0. The molecule has 1 fully saturated rings. The van der Waals surface area contributed by atoms with Crippen LogP contribution in [0.5, 0.6) is 5.75 Å². The number of aliphatic imine (C=N–C) groups is 1. The number of thiazole rings is 1. The fourth-order valence-electron chi connectivity index (χ4n) is 3.81. The lowest BCUT2D eigenvalue weighted by Crippen LogP contribution is -2.44. The van der Waals surface area contributed by atoms with Crippen molar-refractivity contribution >= 4 is 29.7 Å². The van der Waals surface area contributed by atoms with Crippen molar-refractivity contribution in [2.75, 3.05) is 38.1 Å². The highest BCUT2D eigenvalue weighted by Crippen LogP contribution is 2.27. The van der Waals surface area contributed by atoms with Crippen LogP contribution in [0.1, 0.15) is 17.5 Å². The lowest BCUT2D eigenvalue weighted by molar-refractivity contribution is -0.274. The Bertz CT molecular complexity index is 1220. The van der Waals surface area contributed by atoms with Crippen molar-refractivity contribution in [2.45, 2.75) is 26.4 Å². The molecule has 0 unspecified atom stereocenters. The second-order valence-corrected chi connectivity index (χ2v) is 9.52. The SMILES string of the molecule is C=NN(Cc1ccnc(N2CCN(C)CC2)c1)/C(C)=N\Cc1nc(-c2ccc(OC(F)(F)F)cc2)cs1. The van der Waals surface area contributed by atoms with Crippen molar-refractivity contribution in [3.8, 4) is 17.0 Å². The second kappa shape index (κ2) is 11.7. The number of aromatic nitrogens is 2. The maximum atomic E-state index is 12.4. The average molecular weight is 532 g/mol. The number of hydrogen-bond acceptors (Lipinski definition) is 8. The Morgan fingerprint density at radius 1 is 1.16 bits per heavy atom. The number of halogens is 3. The van der Waals surface area contributed by atoms with Crippen molar-refractivity contribution in [3.05, 3.63) is 58.5 Å². The Kier molecular flexibility index (Phi) is 8.39. The molecule has 4 rings (SSSR count). The van der Waals surface area contributed by atoms with Gasteiger partial charge < -0.3 is 14.5 Å². The van der Waals surface area contributed by atoms with Gasteiger partial charge in [-0.15, -0.1) is 24.5 Å². The Morgan fingerprint density at radius 3 is 2.57 bits per heavy atom. The van der Waals surface area contributed by atoms with Gasteiger partial charge in [-0.3, -0.25) is 4.99 Å². The summed E-state index contributed by atoms with van der Waals surface area (Å²) in [6, 6.07) is 9.67. The molecule has 1 aromatic carbocycles. The van der Waals surface area contributed by atoms with Crippen molar-refractivity contribution in [1.29, 1.82) is 0 Å². The quantitative estimate of drug-likeness (QED) is 0.234. The van der Waals surface area contributed by atoms with E-state index < -0.39 is 6.36 Å².